The van der Waals surface area contributed by atoms with Gasteiger partial charge in [-0.3, -0.25) is 19.5 Å². The molecular weight excluding hydrogens is 304 g/mol. The number of nitrogens with zero attached hydrogens (tertiary/aromatic N) is 3. The van der Waals surface area contributed by atoms with Crippen LogP contribution in [0.25, 0.3) is 0 Å². The first-order chi connectivity index (χ1) is 11.6. The van der Waals surface area contributed by atoms with Crippen LogP contribution in [0.15, 0.2) is 30.5 Å². The monoisotopic (exact) mass is 324 g/mol. The van der Waals surface area contributed by atoms with E-state index in [-0.39, 0.29) is 11.8 Å². The highest BCUT2D eigenvalue weighted by molar-refractivity contribution is 6.21. The molecule has 24 heavy (non-hydrogen) atoms. The van der Waals surface area contributed by atoms with Gasteiger partial charge in [0.2, 0.25) is 0 Å². The Balaban J connectivity index is 1.49. The summed E-state index contributed by atoms with van der Waals surface area (Å²) in [6.45, 7) is 4.97. The maximum Gasteiger partial charge on any atom is 0.261 e. The number of hydrogen-bond acceptors (Lipinski definition) is 5. The maximum atomic E-state index is 12.2. The van der Waals surface area contributed by atoms with E-state index in [0.717, 1.165) is 36.6 Å². The fourth-order valence-corrected chi connectivity index (χ4v) is 2.75. The zero-order valence-corrected chi connectivity index (χ0v) is 13.9. The van der Waals surface area contributed by atoms with E-state index in [4.69, 9.17) is 0 Å². The summed E-state index contributed by atoms with van der Waals surface area (Å²) in [5.41, 5.74) is 2.74. The van der Waals surface area contributed by atoms with Crippen LogP contribution in [0.2, 0.25) is 0 Å². The molecule has 0 radical (unpaired) electrons. The molecule has 1 aromatic heterocycles. The third-order valence-electron chi connectivity index (χ3n) is 4.06. The summed E-state index contributed by atoms with van der Waals surface area (Å²) < 4.78 is 0. The number of amides is 2. The minimum Gasteiger partial charge on any atom is -0.369 e. The number of benzene rings is 1. The Morgan fingerprint density at radius 1 is 1.04 bits per heavy atom. The predicted molar refractivity (Wildman–Crippen MR) is 91.0 cm³/mol. The standard InChI is InChI=1S/C18H20N4O2/c1-12-11-20-13(2)16(21-12)19-9-5-6-10-22-17(23)14-7-3-4-8-15(14)18(22)24/h3-4,7-8,11H,5-6,9-10H2,1-2H3,(H,19,21). The molecule has 2 aromatic rings. The molecule has 6 heteroatoms. The summed E-state index contributed by atoms with van der Waals surface area (Å²) in [6.07, 6.45) is 3.32. The molecule has 1 aromatic carbocycles. The van der Waals surface area contributed by atoms with E-state index in [9.17, 15) is 9.59 Å². The number of hydrogen-bond donors (Lipinski definition) is 1. The first kappa shape index (κ1) is 16.1. The summed E-state index contributed by atoms with van der Waals surface area (Å²) in [5, 5.41) is 3.26. The SMILES string of the molecule is Cc1cnc(C)c(NCCCCN2C(=O)c3ccccc3C2=O)n1. The van der Waals surface area contributed by atoms with Gasteiger partial charge in [0.05, 0.1) is 22.5 Å². The summed E-state index contributed by atoms with van der Waals surface area (Å²) in [6, 6.07) is 6.97. The third-order valence-corrected chi connectivity index (χ3v) is 4.06. The Bertz CT molecular complexity index is 753. The molecule has 0 fully saturated rings. The predicted octanol–water partition coefficient (Wildman–Crippen LogP) is 2.58. The lowest BCUT2D eigenvalue weighted by molar-refractivity contribution is 0.0652. The molecular formula is C18H20N4O2. The van der Waals surface area contributed by atoms with Crippen LogP contribution in [0.3, 0.4) is 0 Å². The molecule has 2 heterocycles. The number of carbonyl (C=O) groups excluding carboxylic acids is 2. The fourth-order valence-electron chi connectivity index (χ4n) is 2.75. The molecule has 0 bridgehead atoms. The van der Waals surface area contributed by atoms with Crippen molar-refractivity contribution in [3.8, 4) is 0 Å². The number of anilines is 1. The molecule has 1 N–H and O–H groups in total. The van der Waals surface area contributed by atoms with Crippen molar-refractivity contribution in [3.05, 3.63) is 53.0 Å². The Labute approximate surface area is 140 Å². The smallest absolute Gasteiger partial charge is 0.261 e. The van der Waals surface area contributed by atoms with E-state index in [1.54, 1.807) is 30.5 Å². The average Bonchev–Trinajstić information content (AvgIpc) is 2.82. The van der Waals surface area contributed by atoms with Gasteiger partial charge in [-0.1, -0.05) is 12.1 Å². The number of aryl methyl sites for hydroxylation is 2. The van der Waals surface area contributed by atoms with Gasteiger partial charge in [0.1, 0.15) is 5.82 Å². The van der Waals surface area contributed by atoms with Crippen LogP contribution >= 0.6 is 0 Å². The van der Waals surface area contributed by atoms with Crippen LogP contribution in [0.5, 0.6) is 0 Å². The van der Waals surface area contributed by atoms with Crippen LogP contribution in [0.1, 0.15) is 44.9 Å². The Kier molecular flexibility index (Phi) is 4.55. The molecule has 0 aliphatic carbocycles. The van der Waals surface area contributed by atoms with Crippen LogP contribution < -0.4 is 5.32 Å². The van der Waals surface area contributed by atoms with E-state index in [0.29, 0.717) is 17.7 Å². The zero-order valence-electron chi connectivity index (χ0n) is 13.9. The van der Waals surface area contributed by atoms with Gasteiger partial charge in [0.25, 0.3) is 11.8 Å². The van der Waals surface area contributed by atoms with Crippen LogP contribution in [0, 0.1) is 13.8 Å². The topological polar surface area (TPSA) is 75.2 Å². The Morgan fingerprint density at radius 3 is 2.38 bits per heavy atom. The van der Waals surface area contributed by atoms with Gasteiger partial charge in [0, 0.05) is 19.3 Å². The lowest BCUT2D eigenvalue weighted by Crippen LogP contribution is -2.30. The third kappa shape index (κ3) is 3.13. The van der Waals surface area contributed by atoms with Crippen molar-refractivity contribution in [2.75, 3.05) is 18.4 Å². The molecule has 2 amide bonds. The first-order valence-electron chi connectivity index (χ1n) is 8.07. The molecule has 124 valence electrons. The second-order valence-corrected chi connectivity index (χ2v) is 5.89. The van der Waals surface area contributed by atoms with E-state index < -0.39 is 0 Å². The maximum absolute atomic E-state index is 12.2. The zero-order chi connectivity index (χ0) is 17.1. The van der Waals surface area contributed by atoms with E-state index in [2.05, 4.69) is 15.3 Å². The van der Waals surface area contributed by atoms with Crippen molar-refractivity contribution in [3.63, 3.8) is 0 Å². The lowest BCUT2D eigenvalue weighted by atomic mass is 10.1. The largest absolute Gasteiger partial charge is 0.369 e. The lowest BCUT2D eigenvalue weighted by Gasteiger charge is -2.14. The summed E-state index contributed by atoms with van der Waals surface area (Å²) in [7, 11) is 0. The highest BCUT2D eigenvalue weighted by Gasteiger charge is 2.34. The minimum absolute atomic E-state index is 0.191. The molecule has 0 atom stereocenters. The van der Waals surface area contributed by atoms with Gasteiger partial charge in [-0.2, -0.15) is 0 Å². The van der Waals surface area contributed by atoms with Crippen molar-refractivity contribution in [2.24, 2.45) is 0 Å². The molecule has 0 spiro atoms. The van der Waals surface area contributed by atoms with Crippen molar-refractivity contribution in [2.45, 2.75) is 26.7 Å². The highest BCUT2D eigenvalue weighted by atomic mass is 16.2. The van der Waals surface area contributed by atoms with Crippen molar-refractivity contribution in [1.29, 1.82) is 0 Å². The number of aromatic nitrogens is 2. The molecule has 0 unspecified atom stereocenters. The summed E-state index contributed by atoms with van der Waals surface area (Å²) in [5.74, 6) is 0.406. The van der Waals surface area contributed by atoms with E-state index >= 15 is 0 Å². The van der Waals surface area contributed by atoms with Crippen molar-refractivity contribution in [1.82, 2.24) is 14.9 Å². The number of imide groups is 1. The van der Waals surface area contributed by atoms with Crippen LogP contribution in [-0.4, -0.2) is 39.8 Å². The number of rotatable bonds is 6. The second kappa shape index (κ2) is 6.78. The van der Waals surface area contributed by atoms with Gasteiger partial charge >= 0.3 is 0 Å². The Hall–Kier alpha value is -2.76. The molecule has 6 nitrogen and oxygen atoms in total. The molecule has 0 saturated heterocycles. The first-order valence-corrected chi connectivity index (χ1v) is 8.07. The summed E-state index contributed by atoms with van der Waals surface area (Å²) >= 11 is 0. The fraction of sp³-hybridized carbons (Fsp3) is 0.333. The second-order valence-electron chi connectivity index (χ2n) is 5.89. The normalized spacial score (nSPS) is 13.3. The van der Waals surface area contributed by atoms with Gasteiger partial charge in [-0.15, -0.1) is 0 Å². The van der Waals surface area contributed by atoms with Crippen LogP contribution in [-0.2, 0) is 0 Å². The van der Waals surface area contributed by atoms with Gasteiger partial charge in [-0.05, 0) is 38.8 Å². The van der Waals surface area contributed by atoms with E-state index in [1.165, 1.54) is 4.90 Å². The van der Waals surface area contributed by atoms with Gasteiger partial charge < -0.3 is 5.32 Å². The number of nitrogens with one attached hydrogen (secondary N) is 1. The van der Waals surface area contributed by atoms with E-state index in [1.807, 2.05) is 13.8 Å². The highest BCUT2D eigenvalue weighted by Crippen LogP contribution is 2.22. The van der Waals surface area contributed by atoms with Gasteiger partial charge in [-0.25, -0.2) is 4.98 Å². The molecule has 1 aliphatic rings. The minimum atomic E-state index is -0.191. The molecule has 0 saturated carbocycles. The van der Waals surface area contributed by atoms with Crippen molar-refractivity contribution >= 4 is 17.6 Å². The number of unbranched alkanes of at least 4 members (excludes halogenated alkanes) is 1. The van der Waals surface area contributed by atoms with Gasteiger partial charge in [0.15, 0.2) is 0 Å². The molecule has 3 rings (SSSR count). The molecule has 1 aliphatic heterocycles. The quantitative estimate of drug-likeness (QED) is 0.653. The van der Waals surface area contributed by atoms with Crippen LogP contribution in [0.4, 0.5) is 5.82 Å². The number of carbonyl (C=O) groups is 2. The van der Waals surface area contributed by atoms with Crippen molar-refractivity contribution < 1.29 is 9.59 Å². The number of fused-ring (bicyclic) bond motifs is 1. The average molecular weight is 324 g/mol. The Morgan fingerprint density at radius 2 is 1.71 bits per heavy atom. The summed E-state index contributed by atoms with van der Waals surface area (Å²) in [4.78, 5) is 34.5.